The van der Waals surface area contributed by atoms with Crippen LogP contribution in [-0.2, 0) is 30.6 Å². The van der Waals surface area contributed by atoms with Gasteiger partial charge in [0.25, 0.3) is 5.91 Å². The highest BCUT2D eigenvalue weighted by Crippen LogP contribution is 2.69. The van der Waals surface area contributed by atoms with Gasteiger partial charge < -0.3 is 19.8 Å². The van der Waals surface area contributed by atoms with E-state index >= 15 is 0 Å². The monoisotopic (exact) mass is 800 g/mol. The number of anilines is 2. The zero-order valence-electron chi connectivity index (χ0n) is 28.2. The van der Waals surface area contributed by atoms with Gasteiger partial charge in [-0.15, -0.1) is 11.8 Å². The number of alkyl halides is 3. The molecule has 0 radical (unpaired) electrons. The van der Waals surface area contributed by atoms with Crippen molar-refractivity contribution in [1.82, 2.24) is 4.98 Å². The van der Waals surface area contributed by atoms with E-state index in [4.69, 9.17) is 14.6 Å². The highest BCUT2D eigenvalue weighted by atomic mass is 32.2. The number of ether oxygens (including phenoxy) is 2. The number of nitrogens with two attached hydrogens (primary N) is 1. The molecule has 4 unspecified atom stereocenters. The summed E-state index contributed by atoms with van der Waals surface area (Å²) in [7, 11) is -3.90. The third-order valence-electron chi connectivity index (χ3n) is 10.6. The van der Waals surface area contributed by atoms with Crippen molar-refractivity contribution in [1.29, 1.82) is 0 Å². The fourth-order valence-electron chi connectivity index (χ4n) is 8.64. The number of hydrogen-bond acceptors (Lipinski definition) is 10. The lowest BCUT2D eigenvalue weighted by Crippen LogP contribution is -2.42. The van der Waals surface area contributed by atoms with Gasteiger partial charge in [-0.1, -0.05) is 23.5 Å². The fourth-order valence-corrected chi connectivity index (χ4v) is 12.0. The number of hydrogen-bond donors (Lipinski definition) is 3. The molecule has 2 aliphatic heterocycles. The van der Waals surface area contributed by atoms with Crippen LogP contribution in [0, 0.1) is 29.6 Å². The molecule has 282 valence electrons. The van der Waals surface area contributed by atoms with Crippen LogP contribution in [0.5, 0.6) is 11.5 Å². The number of carbonyl (C=O) groups excluding carboxylic acids is 3. The normalized spacial score (nSPS) is 25.6. The Kier molecular flexibility index (Phi) is 8.93. The zero-order valence-corrected chi connectivity index (χ0v) is 30.6. The fraction of sp³-hybridized carbons (Fsp3) is 0.333. The van der Waals surface area contributed by atoms with E-state index in [1.807, 2.05) is 6.07 Å². The van der Waals surface area contributed by atoms with E-state index in [0.29, 0.717) is 22.9 Å². The average molecular weight is 801 g/mol. The molecule has 2 bridgehead atoms. The van der Waals surface area contributed by atoms with E-state index in [0.717, 1.165) is 38.8 Å². The van der Waals surface area contributed by atoms with Gasteiger partial charge in [0.2, 0.25) is 21.8 Å². The second-order valence-electron chi connectivity index (χ2n) is 13.6. The predicted octanol–water partition coefficient (Wildman–Crippen LogP) is 5.20. The summed E-state index contributed by atoms with van der Waals surface area (Å²) in [6.07, 6.45) is -4.07. The van der Waals surface area contributed by atoms with Gasteiger partial charge in [-0.3, -0.25) is 24.1 Å². The third kappa shape index (κ3) is 6.17. The molecule has 3 heterocycles. The number of amides is 3. The maximum atomic E-state index is 14.1. The molecule has 2 saturated carbocycles. The van der Waals surface area contributed by atoms with E-state index in [9.17, 15) is 40.8 Å². The maximum absolute atomic E-state index is 14.1. The number of carbonyl (C=O) groups is 3. The molecule has 3 aromatic carbocycles. The molecule has 4 N–H and O–H groups in total. The Morgan fingerprint density at radius 1 is 0.981 bits per heavy atom. The first-order chi connectivity index (χ1) is 25.6. The molecule has 8 rings (SSSR count). The first-order valence-electron chi connectivity index (χ1n) is 16.9. The van der Waals surface area contributed by atoms with Gasteiger partial charge in [-0.05, 0) is 91.3 Å². The van der Waals surface area contributed by atoms with Crippen LogP contribution in [0.2, 0.25) is 0 Å². The van der Waals surface area contributed by atoms with Gasteiger partial charge in [0, 0.05) is 21.7 Å². The first kappa shape index (κ1) is 36.3. The van der Waals surface area contributed by atoms with E-state index in [1.54, 1.807) is 19.1 Å². The van der Waals surface area contributed by atoms with Gasteiger partial charge in [0.1, 0.15) is 0 Å². The lowest BCUT2D eigenvalue weighted by Gasteiger charge is -2.43. The van der Waals surface area contributed by atoms with Crippen molar-refractivity contribution in [3.8, 4) is 11.5 Å². The molecule has 3 fully saturated rings. The van der Waals surface area contributed by atoms with Crippen LogP contribution >= 0.6 is 23.1 Å². The maximum Gasteiger partial charge on any atom is 0.416 e. The number of nitrogens with zero attached hydrogens (tertiary/aromatic N) is 1. The number of primary sulfonamides is 1. The van der Waals surface area contributed by atoms with Crippen LogP contribution in [-0.4, -0.2) is 49.6 Å². The lowest BCUT2D eigenvalue weighted by atomic mass is 9.68. The molecule has 4 aromatic rings. The standard InChI is InChI=1S/C36H31F3N4O8S3/c1-2-50-24-12-16(6-11-23(24)51-15-25(44)41-18-7-9-20(10-8-18)54(40,48)49)26-27-21-14-22(30(27)52-32-31(26)53-35(47)42-32)29-28(21)33(45)43(34(29)46)19-5-3-4-17(13-19)36(37,38)39/h3-13,21-22,26-30H,2,14-15H2,1H3,(H,41,44)(H,42,47)(H2,40,48,49)/t21-,22-,26-,27?,28?,29?,30?/m1/s1. The third-order valence-corrected chi connectivity index (χ3v) is 14.1. The number of H-pyrrole nitrogens is 1. The summed E-state index contributed by atoms with van der Waals surface area (Å²) in [4.78, 5) is 57.7. The second-order valence-corrected chi connectivity index (χ2v) is 17.3. The number of nitrogens with one attached hydrogen (secondary N) is 2. The SMILES string of the molecule is CCOc1cc([C@H]2c3sc(=O)[nH]c3SC3C2[C@H]2C[C@@H]3C3C(=O)N(c4cccc(C(F)(F)F)c4)C(=O)C32)ccc1OCC(=O)Nc1ccc(S(N)(=O)=O)cc1. The van der Waals surface area contributed by atoms with Gasteiger partial charge in [-0.2, -0.15) is 13.2 Å². The Balaban J connectivity index is 1.07. The van der Waals surface area contributed by atoms with Crippen LogP contribution in [0.3, 0.4) is 0 Å². The van der Waals surface area contributed by atoms with E-state index < -0.39 is 57.9 Å². The molecule has 18 heteroatoms. The Labute approximate surface area is 314 Å². The Morgan fingerprint density at radius 3 is 2.39 bits per heavy atom. The molecular weight excluding hydrogens is 770 g/mol. The van der Waals surface area contributed by atoms with E-state index in [-0.39, 0.29) is 56.7 Å². The van der Waals surface area contributed by atoms with Crippen LogP contribution in [0.4, 0.5) is 24.5 Å². The van der Waals surface area contributed by atoms with Gasteiger partial charge in [0.05, 0.1) is 39.6 Å². The van der Waals surface area contributed by atoms with Crippen LogP contribution in [0.1, 0.15) is 35.3 Å². The quantitative estimate of drug-likeness (QED) is 0.192. The van der Waals surface area contributed by atoms with Crippen molar-refractivity contribution in [3.63, 3.8) is 0 Å². The highest BCUT2D eigenvalue weighted by Gasteiger charge is 2.69. The number of thiazole rings is 1. The Morgan fingerprint density at radius 2 is 1.70 bits per heavy atom. The van der Waals surface area contributed by atoms with Gasteiger partial charge >= 0.3 is 11.0 Å². The first-order valence-corrected chi connectivity index (χ1v) is 20.1. The average Bonchev–Trinajstić information content (AvgIpc) is 3.86. The number of rotatable bonds is 9. The molecular formula is C36H31F3N4O8S3. The van der Waals surface area contributed by atoms with E-state index in [1.165, 1.54) is 48.2 Å². The Bertz CT molecular complexity index is 2360. The van der Waals surface area contributed by atoms with Crippen molar-refractivity contribution < 1.29 is 45.4 Å². The summed E-state index contributed by atoms with van der Waals surface area (Å²) < 4.78 is 75.6. The van der Waals surface area contributed by atoms with Crippen molar-refractivity contribution >= 4 is 62.2 Å². The minimum Gasteiger partial charge on any atom is -0.490 e. The number of sulfonamides is 1. The van der Waals surface area contributed by atoms with Crippen molar-refractivity contribution in [3.05, 3.63) is 92.4 Å². The van der Waals surface area contributed by atoms with Crippen LogP contribution in [0.25, 0.3) is 0 Å². The summed E-state index contributed by atoms with van der Waals surface area (Å²) >= 11 is 2.56. The number of aromatic amines is 1. The molecule has 54 heavy (non-hydrogen) atoms. The van der Waals surface area contributed by atoms with Gasteiger partial charge in [0.15, 0.2) is 18.1 Å². The number of fused-ring (bicyclic) bond motifs is 9. The molecule has 3 amide bonds. The zero-order chi connectivity index (χ0) is 38.3. The molecule has 12 nitrogen and oxygen atoms in total. The summed E-state index contributed by atoms with van der Waals surface area (Å²) in [5.41, 5.74) is 0.0481. The summed E-state index contributed by atoms with van der Waals surface area (Å²) in [5, 5.41) is 8.28. The van der Waals surface area contributed by atoms with Gasteiger partial charge in [-0.25, -0.2) is 13.6 Å². The summed E-state index contributed by atoms with van der Waals surface area (Å²) in [5.74, 6) is -3.43. The number of aromatic nitrogens is 1. The number of halogens is 3. The summed E-state index contributed by atoms with van der Waals surface area (Å²) in [6, 6.07) is 14.9. The molecule has 0 spiro atoms. The second kappa shape index (κ2) is 13.3. The molecule has 7 atom stereocenters. The largest absolute Gasteiger partial charge is 0.490 e. The van der Waals surface area contributed by atoms with Crippen molar-refractivity contribution in [2.45, 2.75) is 40.6 Å². The minimum absolute atomic E-state index is 0.102. The summed E-state index contributed by atoms with van der Waals surface area (Å²) in [6.45, 7) is 1.64. The molecule has 4 aliphatic rings. The minimum atomic E-state index is -4.65. The molecule has 1 aromatic heterocycles. The predicted molar refractivity (Wildman–Crippen MR) is 192 cm³/mol. The van der Waals surface area contributed by atoms with Crippen LogP contribution in [0.15, 0.2) is 81.4 Å². The number of thioether (sulfide) groups is 1. The Hall–Kier alpha value is -4.65. The van der Waals surface area contributed by atoms with E-state index in [2.05, 4.69) is 10.3 Å². The van der Waals surface area contributed by atoms with Crippen molar-refractivity contribution in [2.24, 2.45) is 34.7 Å². The van der Waals surface area contributed by atoms with Crippen molar-refractivity contribution in [2.75, 3.05) is 23.4 Å². The molecule has 1 saturated heterocycles. The topological polar surface area (TPSA) is 178 Å². The molecule has 2 aliphatic carbocycles. The highest BCUT2D eigenvalue weighted by molar-refractivity contribution is 8.00. The lowest BCUT2D eigenvalue weighted by molar-refractivity contribution is -0.137. The number of imide groups is 1. The smallest absolute Gasteiger partial charge is 0.416 e. The number of benzene rings is 3. The van der Waals surface area contributed by atoms with Crippen LogP contribution < -0.4 is 29.7 Å².